The highest BCUT2D eigenvalue weighted by Crippen LogP contribution is 2.09. The molecule has 0 spiro atoms. The van der Waals surface area contributed by atoms with E-state index in [-0.39, 0.29) is 24.5 Å². The summed E-state index contributed by atoms with van der Waals surface area (Å²) < 4.78 is 12.1. The Morgan fingerprint density at radius 1 is 1.22 bits per heavy atom. The lowest BCUT2D eigenvalue weighted by Crippen LogP contribution is -2.46. The molecule has 0 aliphatic rings. The van der Waals surface area contributed by atoms with Gasteiger partial charge in [0.25, 0.3) is 0 Å². The van der Waals surface area contributed by atoms with Gasteiger partial charge in [0.2, 0.25) is 5.91 Å². The van der Waals surface area contributed by atoms with E-state index in [0.717, 1.165) is 0 Å². The number of aliphatic carboxylic acids is 1. The predicted octanol–water partition coefficient (Wildman–Crippen LogP) is 1.16. The number of amides is 1. The molecule has 0 radical (unpaired) electrons. The van der Waals surface area contributed by atoms with Crippen LogP contribution in [0.4, 0.5) is 0 Å². The number of hydrogen-bond donors (Lipinski definition) is 3. The highest BCUT2D eigenvalue weighted by molar-refractivity contribution is 7.85. The molecule has 0 saturated carbocycles. The second kappa shape index (κ2) is 9.42. The molecule has 0 aliphatic carbocycles. The van der Waals surface area contributed by atoms with Gasteiger partial charge in [0, 0.05) is 10.6 Å². The van der Waals surface area contributed by atoms with Gasteiger partial charge in [0.15, 0.2) is 0 Å². The fourth-order valence-electron chi connectivity index (χ4n) is 1.99. The summed E-state index contributed by atoms with van der Waals surface area (Å²) >= 11 is 0. The SMILES string of the molecule is CC(C)C[C@H](O)C(=O)N[C@H](CC[S@@](=O)c1ccccc1)C(=O)O. The molecule has 6 nitrogen and oxygen atoms in total. The van der Waals surface area contributed by atoms with Crippen LogP contribution in [0.2, 0.25) is 0 Å². The third-order valence-corrected chi connectivity index (χ3v) is 4.61. The van der Waals surface area contributed by atoms with E-state index in [2.05, 4.69) is 5.32 Å². The number of benzene rings is 1. The van der Waals surface area contributed by atoms with Gasteiger partial charge in [0.1, 0.15) is 12.1 Å². The van der Waals surface area contributed by atoms with Crippen LogP contribution in [0.15, 0.2) is 35.2 Å². The molecule has 0 heterocycles. The Hall–Kier alpha value is -1.73. The van der Waals surface area contributed by atoms with Crippen LogP contribution in [0.1, 0.15) is 26.7 Å². The highest BCUT2D eigenvalue weighted by atomic mass is 32.2. The topological polar surface area (TPSA) is 104 Å². The van der Waals surface area contributed by atoms with E-state index in [1.165, 1.54) is 0 Å². The molecule has 0 unspecified atom stereocenters. The fourth-order valence-corrected chi connectivity index (χ4v) is 3.14. The van der Waals surface area contributed by atoms with Gasteiger partial charge in [-0.3, -0.25) is 9.00 Å². The first-order chi connectivity index (χ1) is 10.8. The number of carbonyl (C=O) groups excluding carboxylic acids is 1. The zero-order valence-corrected chi connectivity index (χ0v) is 14.1. The first-order valence-electron chi connectivity index (χ1n) is 7.46. The van der Waals surface area contributed by atoms with Crippen LogP contribution in [0.5, 0.6) is 0 Å². The van der Waals surface area contributed by atoms with Gasteiger partial charge >= 0.3 is 5.97 Å². The molecule has 0 aromatic heterocycles. The molecule has 1 aromatic rings. The largest absolute Gasteiger partial charge is 0.480 e. The van der Waals surface area contributed by atoms with Crippen LogP contribution >= 0.6 is 0 Å². The summed E-state index contributed by atoms with van der Waals surface area (Å²) in [5, 5.41) is 21.2. The number of aliphatic hydroxyl groups is 1. The summed E-state index contributed by atoms with van der Waals surface area (Å²) in [6.45, 7) is 3.71. The van der Waals surface area contributed by atoms with Gasteiger partial charge in [-0.25, -0.2) is 4.79 Å². The Bertz CT molecular complexity index is 547. The van der Waals surface area contributed by atoms with E-state index < -0.39 is 34.8 Å². The van der Waals surface area contributed by atoms with E-state index in [9.17, 15) is 24.0 Å². The van der Waals surface area contributed by atoms with Crippen LogP contribution in [0.25, 0.3) is 0 Å². The molecule has 0 aliphatic heterocycles. The van der Waals surface area contributed by atoms with Gasteiger partial charge in [0.05, 0.1) is 10.8 Å². The molecule has 3 atom stereocenters. The van der Waals surface area contributed by atoms with Crippen molar-refractivity contribution in [1.29, 1.82) is 0 Å². The molecule has 3 N–H and O–H groups in total. The highest BCUT2D eigenvalue weighted by Gasteiger charge is 2.25. The minimum absolute atomic E-state index is 0.0248. The molecule has 0 fully saturated rings. The Morgan fingerprint density at radius 2 is 1.83 bits per heavy atom. The minimum atomic E-state index is -1.33. The van der Waals surface area contributed by atoms with Gasteiger partial charge < -0.3 is 15.5 Å². The number of hydrogen-bond acceptors (Lipinski definition) is 4. The minimum Gasteiger partial charge on any atom is -0.480 e. The monoisotopic (exact) mass is 341 g/mol. The third kappa shape index (κ3) is 6.92. The van der Waals surface area contributed by atoms with Gasteiger partial charge in [-0.1, -0.05) is 32.0 Å². The molecule has 0 saturated heterocycles. The molecule has 1 aromatic carbocycles. The van der Waals surface area contributed by atoms with E-state index in [4.69, 9.17) is 0 Å². The summed E-state index contributed by atoms with van der Waals surface area (Å²) in [7, 11) is -1.33. The smallest absolute Gasteiger partial charge is 0.326 e. The molecular formula is C16H23NO5S. The summed E-state index contributed by atoms with van der Waals surface area (Å²) in [4.78, 5) is 23.7. The lowest BCUT2D eigenvalue weighted by molar-refractivity contribution is -0.143. The standard InChI is InChI=1S/C16H23NO5S/c1-11(2)10-14(18)15(19)17-13(16(20)21)8-9-23(22)12-6-4-3-5-7-12/h3-7,11,13-14,18H,8-10H2,1-2H3,(H,17,19)(H,20,21)/t13-,14+,23-/m1/s1. The van der Waals surface area contributed by atoms with Gasteiger partial charge in [-0.15, -0.1) is 0 Å². The van der Waals surface area contributed by atoms with Crippen LogP contribution in [0, 0.1) is 5.92 Å². The van der Waals surface area contributed by atoms with Crippen LogP contribution in [-0.4, -0.2) is 44.2 Å². The first kappa shape index (κ1) is 19.3. The molecule has 0 bridgehead atoms. The summed E-state index contributed by atoms with van der Waals surface area (Å²) in [5.74, 6) is -1.69. The maximum absolute atomic E-state index is 12.1. The average Bonchev–Trinajstić information content (AvgIpc) is 2.50. The first-order valence-corrected chi connectivity index (χ1v) is 8.77. The number of carboxylic acid groups (broad SMARTS) is 1. The number of aliphatic hydroxyl groups excluding tert-OH is 1. The zero-order valence-electron chi connectivity index (χ0n) is 13.3. The lowest BCUT2D eigenvalue weighted by atomic mass is 10.1. The van der Waals surface area contributed by atoms with Crippen molar-refractivity contribution in [3.05, 3.63) is 30.3 Å². The molecular weight excluding hydrogens is 318 g/mol. The maximum Gasteiger partial charge on any atom is 0.326 e. The Kier molecular flexibility index (Phi) is 7.91. The maximum atomic E-state index is 12.1. The third-order valence-electron chi connectivity index (χ3n) is 3.21. The zero-order chi connectivity index (χ0) is 17.4. The Morgan fingerprint density at radius 3 is 2.35 bits per heavy atom. The molecule has 23 heavy (non-hydrogen) atoms. The predicted molar refractivity (Wildman–Crippen MR) is 87.4 cm³/mol. The Balaban J connectivity index is 2.57. The van der Waals surface area contributed by atoms with Crippen molar-refractivity contribution in [3.8, 4) is 0 Å². The summed E-state index contributed by atoms with van der Waals surface area (Å²) in [5.41, 5.74) is 0. The van der Waals surface area contributed by atoms with Crippen LogP contribution in [-0.2, 0) is 20.4 Å². The second-order valence-electron chi connectivity index (χ2n) is 5.70. The lowest BCUT2D eigenvalue weighted by Gasteiger charge is -2.18. The summed E-state index contributed by atoms with van der Waals surface area (Å²) in [6, 6.07) is 7.56. The van der Waals surface area contributed by atoms with Crippen molar-refractivity contribution < 1.29 is 24.0 Å². The molecule has 7 heteroatoms. The van der Waals surface area contributed by atoms with Crippen LogP contribution in [0.3, 0.4) is 0 Å². The van der Waals surface area contributed by atoms with Crippen molar-refractivity contribution >= 4 is 22.7 Å². The average molecular weight is 341 g/mol. The van der Waals surface area contributed by atoms with E-state index in [0.29, 0.717) is 4.90 Å². The number of carboxylic acids is 1. The summed E-state index contributed by atoms with van der Waals surface area (Å²) in [6.07, 6.45) is -0.957. The molecule has 1 rings (SSSR count). The number of rotatable bonds is 9. The van der Waals surface area contributed by atoms with E-state index in [1.807, 2.05) is 13.8 Å². The second-order valence-corrected chi connectivity index (χ2v) is 7.27. The van der Waals surface area contributed by atoms with Crippen molar-refractivity contribution in [2.45, 2.75) is 43.7 Å². The normalized spacial score (nSPS) is 15.0. The quantitative estimate of drug-likeness (QED) is 0.625. The van der Waals surface area contributed by atoms with Gasteiger partial charge in [-0.2, -0.15) is 0 Å². The van der Waals surface area contributed by atoms with Crippen molar-refractivity contribution in [1.82, 2.24) is 5.32 Å². The van der Waals surface area contributed by atoms with E-state index >= 15 is 0 Å². The molecule has 1 amide bonds. The molecule has 128 valence electrons. The van der Waals surface area contributed by atoms with Gasteiger partial charge in [-0.05, 0) is 30.9 Å². The van der Waals surface area contributed by atoms with Crippen LogP contribution < -0.4 is 5.32 Å². The Labute approximate surface area is 138 Å². The van der Waals surface area contributed by atoms with Crippen molar-refractivity contribution in [3.63, 3.8) is 0 Å². The number of nitrogens with one attached hydrogen (secondary N) is 1. The fraction of sp³-hybridized carbons (Fsp3) is 0.500. The van der Waals surface area contributed by atoms with Crippen molar-refractivity contribution in [2.24, 2.45) is 5.92 Å². The number of carbonyl (C=O) groups is 2. The van der Waals surface area contributed by atoms with Crippen molar-refractivity contribution in [2.75, 3.05) is 5.75 Å². The van der Waals surface area contributed by atoms with E-state index in [1.54, 1.807) is 30.3 Å².